The summed E-state index contributed by atoms with van der Waals surface area (Å²) in [6.45, 7) is 7.06. The van der Waals surface area contributed by atoms with E-state index in [1.165, 1.54) is 12.8 Å². The number of aromatic nitrogens is 4. The third kappa shape index (κ3) is 3.66. The second kappa shape index (κ2) is 7.36. The number of carbonyl (C=O) groups is 1. The maximum Gasteiger partial charge on any atom is 0.232 e. The van der Waals surface area contributed by atoms with E-state index in [-0.39, 0.29) is 11.8 Å². The summed E-state index contributed by atoms with van der Waals surface area (Å²) >= 11 is 5.27. The lowest BCUT2D eigenvalue weighted by molar-refractivity contribution is -0.134. The molecule has 2 aromatic heterocycles. The van der Waals surface area contributed by atoms with Crippen molar-refractivity contribution in [2.24, 2.45) is 5.92 Å². The van der Waals surface area contributed by atoms with Gasteiger partial charge < -0.3 is 9.80 Å². The number of hydrogen-bond acceptors (Lipinski definition) is 6. The van der Waals surface area contributed by atoms with Gasteiger partial charge >= 0.3 is 0 Å². The van der Waals surface area contributed by atoms with Gasteiger partial charge in [-0.2, -0.15) is 5.10 Å². The van der Waals surface area contributed by atoms with Gasteiger partial charge in [-0.05, 0) is 25.0 Å². The van der Waals surface area contributed by atoms with Crippen LogP contribution in [0.15, 0.2) is 22.8 Å². The van der Waals surface area contributed by atoms with Gasteiger partial charge in [0.1, 0.15) is 5.01 Å². The Morgan fingerprint density at radius 1 is 1.17 bits per heavy atom. The van der Waals surface area contributed by atoms with Gasteiger partial charge in [0.2, 0.25) is 11.0 Å². The van der Waals surface area contributed by atoms with Gasteiger partial charge in [0.05, 0.1) is 5.52 Å². The summed E-state index contributed by atoms with van der Waals surface area (Å²) < 4.78 is 2.85. The molecule has 0 bridgehead atoms. The van der Waals surface area contributed by atoms with Gasteiger partial charge in [0, 0.05) is 59.8 Å². The third-order valence-electron chi connectivity index (χ3n) is 5.55. The van der Waals surface area contributed by atoms with Crippen LogP contribution >= 0.6 is 27.3 Å². The molecule has 1 amide bonds. The van der Waals surface area contributed by atoms with Crippen LogP contribution in [0, 0.1) is 5.92 Å². The summed E-state index contributed by atoms with van der Waals surface area (Å²) in [5.74, 6) is 0.880. The number of benzene rings is 1. The van der Waals surface area contributed by atoms with Crippen molar-refractivity contribution in [3.8, 4) is 5.13 Å². The molecule has 3 heterocycles. The van der Waals surface area contributed by atoms with Crippen molar-refractivity contribution < 1.29 is 4.79 Å². The summed E-state index contributed by atoms with van der Waals surface area (Å²) in [5.41, 5.74) is 2.07. The molecule has 0 unspecified atom stereocenters. The predicted molar refractivity (Wildman–Crippen MR) is 118 cm³/mol. The lowest BCUT2D eigenvalue weighted by Crippen LogP contribution is -2.50. The van der Waals surface area contributed by atoms with Gasteiger partial charge in [0.25, 0.3) is 0 Å². The zero-order valence-corrected chi connectivity index (χ0v) is 18.9. The number of carbonyl (C=O) groups excluding carboxylic acids is 1. The Morgan fingerprint density at radius 2 is 1.93 bits per heavy atom. The fourth-order valence-electron chi connectivity index (χ4n) is 3.78. The Morgan fingerprint density at radius 3 is 2.62 bits per heavy atom. The molecule has 1 aliphatic heterocycles. The van der Waals surface area contributed by atoms with E-state index in [9.17, 15) is 4.79 Å². The molecule has 0 radical (unpaired) electrons. The average Bonchev–Trinajstić information content (AvgIpc) is 3.28. The van der Waals surface area contributed by atoms with Crippen LogP contribution in [0.3, 0.4) is 0 Å². The lowest BCUT2D eigenvalue weighted by atomic mass is 10.1. The van der Waals surface area contributed by atoms with Gasteiger partial charge in [-0.25, -0.2) is 4.68 Å². The largest absolute Gasteiger partial charge is 0.367 e. The summed E-state index contributed by atoms with van der Waals surface area (Å²) in [6, 6.07) is 4.18. The molecule has 29 heavy (non-hydrogen) atoms. The minimum Gasteiger partial charge on any atom is -0.367 e. The molecule has 7 nitrogen and oxygen atoms in total. The number of piperazine rings is 1. The van der Waals surface area contributed by atoms with Crippen molar-refractivity contribution in [3.05, 3.63) is 27.8 Å². The second-order valence-electron chi connectivity index (χ2n) is 8.10. The van der Waals surface area contributed by atoms with Crippen molar-refractivity contribution in [1.29, 1.82) is 0 Å². The Hall–Kier alpha value is -2.00. The van der Waals surface area contributed by atoms with Crippen LogP contribution in [0.25, 0.3) is 16.0 Å². The van der Waals surface area contributed by atoms with Crippen molar-refractivity contribution in [2.75, 3.05) is 31.1 Å². The number of fused-ring (bicyclic) bond motifs is 1. The molecule has 1 saturated carbocycles. The van der Waals surface area contributed by atoms with E-state index in [1.54, 1.807) is 11.3 Å². The fourth-order valence-corrected chi connectivity index (χ4v) is 5.15. The first-order chi connectivity index (χ1) is 14.0. The average molecular weight is 475 g/mol. The summed E-state index contributed by atoms with van der Waals surface area (Å²) in [6.07, 6.45) is 4.50. The molecule has 152 valence electrons. The normalized spacial score (nSPS) is 17.5. The number of nitrogens with zero attached hydrogens (tertiary/aromatic N) is 6. The highest BCUT2D eigenvalue weighted by molar-refractivity contribution is 9.10. The minimum atomic E-state index is 0.0461. The SMILES string of the molecule is CC(C)C(=O)N1CCN(c2cc(Br)cc3nn(-c4nnc(C5CC5)s4)cc23)CC1. The van der Waals surface area contributed by atoms with Crippen molar-refractivity contribution in [1.82, 2.24) is 24.9 Å². The first-order valence-corrected chi connectivity index (χ1v) is 11.7. The monoisotopic (exact) mass is 474 g/mol. The van der Waals surface area contributed by atoms with E-state index in [4.69, 9.17) is 5.10 Å². The number of rotatable bonds is 4. The quantitative estimate of drug-likeness (QED) is 0.574. The first kappa shape index (κ1) is 19.0. The zero-order chi connectivity index (χ0) is 20.1. The highest BCUT2D eigenvalue weighted by Gasteiger charge is 2.28. The van der Waals surface area contributed by atoms with E-state index in [1.807, 2.05) is 29.5 Å². The van der Waals surface area contributed by atoms with Gasteiger partial charge in [-0.15, -0.1) is 10.2 Å². The molecule has 2 fully saturated rings. The standard InChI is InChI=1S/C20H23BrN6OS/c1-12(2)19(28)26-7-5-25(6-8-26)17-10-14(21)9-16-15(17)11-27(24-16)20-23-22-18(29-20)13-3-4-13/h9-13H,3-8H2,1-2H3. The Labute approximate surface area is 181 Å². The van der Waals surface area contributed by atoms with Crippen LogP contribution < -0.4 is 4.90 Å². The molecular weight excluding hydrogens is 452 g/mol. The number of amides is 1. The molecule has 0 spiro atoms. The Bertz CT molecular complexity index is 1060. The third-order valence-corrected chi connectivity index (χ3v) is 7.08. The summed E-state index contributed by atoms with van der Waals surface area (Å²) in [7, 11) is 0. The zero-order valence-electron chi connectivity index (χ0n) is 16.5. The van der Waals surface area contributed by atoms with Crippen LogP contribution in [0.5, 0.6) is 0 Å². The Kier molecular flexibility index (Phi) is 4.82. The molecule has 1 aliphatic carbocycles. The van der Waals surface area contributed by atoms with Crippen LogP contribution in [0.1, 0.15) is 37.6 Å². The summed E-state index contributed by atoms with van der Waals surface area (Å²) in [5, 5.41) is 16.5. The number of anilines is 1. The van der Waals surface area contributed by atoms with Gasteiger partial charge in [-0.3, -0.25) is 4.79 Å². The molecule has 2 aliphatic rings. The molecule has 1 aromatic carbocycles. The molecule has 5 rings (SSSR count). The predicted octanol–water partition coefficient (Wildman–Crippen LogP) is 3.82. The van der Waals surface area contributed by atoms with Gasteiger partial charge in [0.15, 0.2) is 0 Å². The lowest BCUT2D eigenvalue weighted by Gasteiger charge is -2.37. The molecule has 0 atom stereocenters. The maximum atomic E-state index is 12.3. The molecule has 0 N–H and O–H groups in total. The van der Waals surface area contributed by atoms with E-state index in [0.717, 1.165) is 57.4 Å². The van der Waals surface area contributed by atoms with Crippen LogP contribution in [-0.2, 0) is 4.79 Å². The van der Waals surface area contributed by atoms with Crippen molar-refractivity contribution >= 4 is 49.8 Å². The molecule has 3 aromatic rings. The fraction of sp³-hybridized carbons (Fsp3) is 0.500. The Balaban J connectivity index is 1.43. The smallest absolute Gasteiger partial charge is 0.232 e. The molecular formula is C20H23BrN6OS. The second-order valence-corrected chi connectivity index (χ2v) is 10.00. The number of halogens is 1. The summed E-state index contributed by atoms with van der Waals surface area (Å²) in [4.78, 5) is 16.6. The van der Waals surface area contributed by atoms with E-state index in [0.29, 0.717) is 5.92 Å². The van der Waals surface area contributed by atoms with Crippen LogP contribution in [0.4, 0.5) is 5.69 Å². The highest BCUT2D eigenvalue weighted by Crippen LogP contribution is 2.42. The van der Waals surface area contributed by atoms with Crippen molar-refractivity contribution in [2.45, 2.75) is 32.6 Å². The highest BCUT2D eigenvalue weighted by atomic mass is 79.9. The molecule has 9 heteroatoms. The van der Waals surface area contributed by atoms with E-state index in [2.05, 4.69) is 43.3 Å². The first-order valence-electron chi connectivity index (χ1n) is 10.1. The van der Waals surface area contributed by atoms with Crippen LogP contribution in [0.2, 0.25) is 0 Å². The van der Waals surface area contributed by atoms with E-state index >= 15 is 0 Å². The minimum absolute atomic E-state index is 0.0461. The van der Waals surface area contributed by atoms with Gasteiger partial charge in [-0.1, -0.05) is 41.1 Å². The topological polar surface area (TPSA) is 67.2 Å². The van der Waals surface area contributed by atoms with Crippen LogP contribution in [-0.4, -0.2) is 57.0 Å². The van der Waals surface area contributed by atoms with Crippen molar-refractivity contribution in [3.63, 3.8) is 0 Å². The maximum absolute atomic E-state index is 12.3. The molecule has 1 saturated heterocycles. The van der Waals surface area contributed by atoms with E-state index < -0.39 is 0 Å². The number of hydrogen-bond donors (Lipinski definition) is 0.